The smallest absolute Gasteiger partial charge is 0.137 e. The number of ether oxygens (including phenoxy) is 1. The molecule has 0 amide bonds. The van der Waals surface area contributed by atoms with Gasteiger partial charge < -0.3 is 9.84 Å². The number of piperazine rings is 1. The number of aliphatic hydroxyl groups is 1. The maximum absolute atomic E-state index is 10.2. The molecule has 1 aliphatic rings. The Bertz CT molecular complexity index is 630. The van der Waals surface area contributed by atoms with E-state index in [1.807, 2.05) is 36.5 Å². The minimum Gasteiger partial charge on any atom is -0.491 e. The Balaban J connectivity index is 1.32. The number of hydrogen-bond donors (Lipinski definition) is 1. The van der Waals surface area contributed by atoms with Crippen molar-refractivity contribution < 1.29 is 9.84 Å². The minimum absolute atomic E-state index is 0.394. The Morgan fingerprint density at radius 2 is 1.84 bits per heavy atom. The van der Waals surface area contributed by atoms with Gasteiger partial charge in [0.25, 0.3) is 0 Å². The average molecular weight is 365 g/mol. The SMILES string of the molecule is OC(CN1CCN(CCOc2ccccc2Cl)CC1)Cn1cccn1. The van der Waals surface area contributed by atoms with E-state index in [2.05, 4.69) is 14.9 Å². The topological polar surface area (TPSA) is 53.8 Å². The van der Waals surface area contributed by atoms with Crippen LogP contribution in [0.1, 0.15) is 0 Å². The second kappa shape index (κ2) is 9.20. The summed E-state index contributed by atoms with van der Waals surface area (Å²) < 4.78 is 7.52. The van der Waals surface area contributed by atoms with E-state index in [-0.39, 0.29) is 0 Å². The Hall–Kier alpha value is -1.60. The summed E-state index contributed by atoms with van der Waals surface area (Å²) in [6, 6.07) is 9.42. The zero-order valence-electron chi connectivity index (χ0n) is 14.3. The Kier molecular flexibility index (Phi) is 6.69. The largest absolute Gasteiger partial charge is 0.491 e. The van der Waals surface area contributed by atoms with Crippen LogP contribution in [0.15, 0.2) is 42.7 Å². The van der Waals surface area contributed by atoms with E-state index < -0.39 is 6.10 Å². The van der Waals surface area contributed by atoms with Crippen molar-refractivity contribution in [3.63, 3.8) is 0 Å². The van der Waals surface area contributed by atoms with Crippen LogP contribution in [0.4, 0.5) is 0 Å². The van der Waals surface area contributed by atoms with Gasteiger partial charge in [0.2, 0.25) is 0 Å². The minimum atomic E-state index is -0.394. The van der Waals surface area contributed by atoms with E-state index in [1.54, 1.807) is 10.9 Å². The second-order valence-corrected chi connectivity index (χ2v) is 6.71. The van der Waals surface area contributed by atoms with Gasteiger partial charge in [-0.3, -0.25) is 14.5 Å². The van der Waals surface area contributed by atoms with Gasteiger partial charge in [0.05, 0.1) is 17.7 Å². The first-order valence-electron chi connectivity index (χ1n) is 8.68. The Morgan fingerprint density at radius 3 is 2.56 bits per heavy atom. The fraction of sp³-hybridized carbons (Fsp3) is 0.500. The number of rotatable bonds is 8. The average Bonchev–Trinajstić information content (AvgIpc) is 3.11. The monoisotopic (exact) mass is 364 g/mol. The second-order valence-electron chi connectivity index (χ2n) is 6.30. The molecule has 136 valence electrons. The maximum Gasteiger partial charge on any atom is 0.137 e. The summed E-state index contributed by atoms with van der Waals surface area (Å²) in [5, 5.41) is 15.0. The van der Waals surface area contributed by atoms with Gasteiger partial charge in [-0.1, -0.05) is 23.7 Å². The van der Waals surface area contributed by atoms with Crippen LogP contribution in [0.2, 0.25) is 5.02 Å². The number of aliphatic hydroxyl groups excluding tert-OH is 1. The van der Waals surface area contributed by atoms with Crippen LogP contribution >= 0.6 is 11.6 Å². The molecule has 6 nitrogen and oxygen atoms in total. The molecule has 1 aromatic heterocycles. The molecule has 7 heteroatoms. The zero-order valence-corrected chi connectivity index (χ0v) is 15.1. The van der Waals surface area contributed by atoms with Crippen LogP contribution in [0.3, 0.4) is 0 Å². The predicted molar refractivity (Wildman–Crippen MR) is 98.1 cm³/mol. The summed E-state index contributed by atoms with van der Waals surface area (Å²) in [6.07, 6.45) is 3.21. The molecule has 2 heterocycles. The molecule has 1 saturated heterocycles. The lowest BCUT2D eigenvalue weighted by Gasteiger charge is -2.35. The molecule has 2 aromatic rings. The summed E-state index contributed by atoms with van der Waals surface area (Å²) in [5.41, 5.74) is 0. The van der Waals surface area contributed by atoms with Crippen molar-refractivity contribution in [2.24, 2.45) is 0 Å². The normalized spacial score (nSPS) is 17.5. The number of benzene rings is 1. The van der Waals surface area contributed by atoms with Crippen LogP contribution in [-0.2, 0) is 6.54 Å². The summed E-state index contributed by atoms with van der Waals surface area (Å²) in [6.45, 7) is 6.63. The van der Waals surface area contributed by atoms with Crippen molar-refractivity contribution >= 4 is 11.6 Å². The van der Waals surface area contributed by atoms with E-state index in [9.17, 15) is 5.11 Å². The van der Waals surface area contributed by atoms with Crippen LogP contribution in [0.5, 0.6) is 5.75 Å². The van der Waals surface area contributed by atoms with Gasteiger partial charge in [-0.15, -0.1) is 0 Å². The van der Waals surface area contributed by atoms with E-state index in [0.717, 1.165) is 38.5 Å². The quantitative estimate of drug-likeness (QED) is 0.771. The number of hydrogen-bond acceptors (Lipinski definition) is 5. The molecule has 0 aliphatic carbocycles. The third-order valence-corrected chi connectivity index (χ3v) is 4.70. The molecule has 0 radical (unpaired) electrons. The number of para-hydroxylation sites is 1. The van der Waals surface area contributed by atoms with Gasteiger partial charge >= 0.3 is 0 Å². The van der Waals surface area contributed by atoms with Crippen LogP contribution < -0.4 is 4.74 Å². The Labute approximate surface area is 153 Å². The standard InChI is InChI=1S/C18H25ClN4O2/c19-17-4-1-2-5-18(17)25-13-12-21-8-10-22(11-9-21)14-16(24)15-23-7-3-6-20-23/h1-7,16,24H,8-15H2. The van der Waals surface area contributed by atoms with Gasteiger partial charge in [0.15, 0.2) is 0 Å². The van der Waals surface area contributed by atoms with Crippen LogP contribution in [0.25, 0.3) is 0 Å². The number of halogens is 1. The molecule has 0 bridgehead atoms. The van der Waals surface area contributed by atoms with E-state index >= 15 is 0 Å². The molecule has 1 aromatic carbocycles. The molecule has 0 spiro atoms. The van der Waals surface area contributed by atoms with E-state index in [4.69, 9.17) is 16.3 Å². The summed E-state index contributed by atoms with van der Waals surface area (Å²) in [5.74, 6) is 0.740. The number of aromatic nitrogens is 2. The highest BCUT2D eigenvalue weighted by molar-refractivity contribution is 6.32. The molecular weight excluding hydrogens is 340 g/mol. The van der Waals surface area contributed by atoms with Crippen molar-refractivity contribution in [3.05, 3.63) is 47.7 Å². The fourth-order valence-electron chi connectivity index (χ4n) is 3.02. The lowest BCUT2D eigenvalue weighted by molar-refractivity contribution is 0.0587. The summed E-state index contributed by atoms with van der Waals surface area (Å²) in [7, 11) is 0. The van der Waals surface area contributed by atoms with E-state index in [0.29, 0.717) is 24.7 Å². The van der Waals surface area contributed by atoms with Gasteiger partial charge in [-0.2, -0.15) is 5.10 Å². The first kappa shape index (κ1) is 18.2. The van der Waals surface area contributed by atoms with Gasteiger partial charge in [0, 0.05) is 51.7 Å². The zero-order chi connectivity index (χ0) is 17.5. The van der Waals surface area contributed by atoms with Crippen molar-refractivity contribution in [3.8, 4) is 5.75 Å². The maximum atomic E-state index is 10.2. The molecule has 1 atom stereocenters. The van der Waals surface area contributed by atoms with E-state index in [1.165, 1.54) is 0 Å². The van der Waals surface area contributed by atoms with Crippen LogP contribution in [-0.4, -0.2) is 76.7 Å². The fourth-order valence-corrected chi connectivity index (χ4v) is 3.21. The molecule has 1 N–H and O–H groups in total. The Morgan fingerprint density at radius 1 is 1.08 bits per heavy atom. The molecule has 1 fully saturated rings. The molecule has 1 aliphatic heterocycles. The molecule has 25 heavy (non-hydrogen) atoms. The van der Waals surface area contributed by atoms with Crippen molar-refractivity contribution in [2.75, 3.05) is 45.9 Å². The highest BCUT2D eigenvalue weighted by Gasteiger charge is 2.19. The van der Waals surface area contributed by atoms with Crippen molar-refractivity contribution in [2.45, 2.75) is 12.6 Å². The summed E-state index contributed by atoms with van der Waals surface area (Å²) in [4.78, 5) is 4.69. The lowest BCUT2D eigenvalue weighted by atomic mass is 10.2. The third kappa shape index (κ3) is 5.71. The first-order valence-corrected chi connectivity index (χ1v) is 9.06. The molecule has 1 unspecified atom stereocenters. The summed E-state index contributed by atoms with van der Waals surface area (Å²) >= 11 is 6.09. The van der Waals surface area contributed by atoms with Gasteiger partial charge in [0.1, 0.15) is 12.4 Å². The molecular formula is C18H25ClN4O2. The van der Waals surface area contributed by atoms with Gasteiger partial charge in [-0.05, 0) is 18.2 Å². The van der Waals surface area contributed by atoms with Gasteiger partial charge in [-0.25, -0.2) is 0 Å². The number of β-amino-alcohol motifs (C(OH)–C–C–N with tert-alkyl or cyclic N) is 1. The number of nitrogens with zero attached hydrogens (tertiary/aromatic N) is 4. The first-order chi connectivity index (χ1) is 12.2. The third-order valence-electron chi connectivity index (χ3n) is 4.39. The molecule has 3 rings (SSSR count). The predicted octanol–water partition coefficient (Wildman–Crippen LogP) is 1.59. The highest BCUT2D eigenvalue weighted by Crippen LogP contribution is 2.22. The van der Waals surface area contributed by atoms with Crippen molar-refractivity contribution in [1.82, 2.24) is 19.6 Å². The molecule has 0 saturated carbocycles. The van der Waals surface area contributed by atoms with Crippen molar-refractivity contribution in [1.29, 1.82) is 0 Å². The highest BCUT2D eigenvalue weighted by atomic mass is 35.5. The van der Waals surface area contributed by atoms with Crippen LogP contribution in [0, 0.1) is 0 Å². The lowest BCUT2D eigenvalue weighted by Crippen LogP contribution is -2.49.